The lowest BCUT2D eigenvalue weighted by Gasteiger charge is -2.25. The third-order valence-electron chi connectivity index (χ3n) is 4.42. The van der Waals surface area contributed by atoms with E-state index in [1.807, 2.05) is 43.3 Å². The van der Waals surface area contributed by atoms with E-state index >= 15 is 0 Å². The van der Waals surface area contributed by atoms with Crippen molar-refractivity contribution < 1.29 is 14.7 Å². The van der Waals surface area contributed by atoms with E-state index < -0.39 is 0 Å². The number of aliphatic hydroxyl groups is 1. The van der Waals surface area contributed by atoms with Gasteiger partial charge in [0.15, 0.2) is 0 Å². The maximum atomic E-state index is 12.0. The zero-order valence-corrected chi connectivity index (χ0v) is 14.2. The van der Waals surface area contributed by atoms with E-state index in [4.69, 9.17) is 0 Å². The van der Waals surface area contributed by atoms with Gasteiger partial charge >= 0.3 is 0 Å². The Morgan fingerprint density at radius 3 is 2.40 bits per heavy atom. The monoisotopic (exact) mass is 338 g/mol. The average molecular weight is 338 g/mol. The summed E-state index contributed by atoms with van der Waals surface area (Å²) in [6.45, 7) is 2.06. The molecule has 0 spiro atoms. The van der Waals surface area contributed by atoms with Crippen LogP contribution in [-0.2, 0) is 16.2 Å². The van der Waals surface area contributed by atoms with Crippen LogP contribution >= 0.6 is 0 Å². The van der Waals surface area contributed by atoms with Gasteiger partial charge in [-0.1, -0.05) is 24.3 Å². The molecule has 0 saturated carbocycles. The van der Waals surface area contributed by atoms with Gasteiger partial charge in [-0.15, -0.1) is 0 Å². The van der Waals surface area contributed by atoms with Gasteiger partial charge in [0.2, 0.25) is 11.8 Å². The average Bonchev–Trinajstić information content (AvgIpc) is 2.63. The second-order valence-corrected chi connectivity index (χ2v) is 6.29. The lowest BCUT2D eigenvalue weighted by Crippen LogP contribution is -2.40. The van der Waals surface area contributed by atoms with Gasteiger partial charge in [0, 0.05) is 24.6 Å². The Morgan fingerprint density at radius 2 is 1.76 bits per heavy atom. The number of benzene rings is 2. The van der Waals surface area contributed by atoms with Crippen LogP contribution in [0.3, 0.4) is 0 Å². The first-order valence-electron chi connectivity index (χ1n) is 8.50. The van der Waals surface area contributed by atoms with Crippen molar-refractivity contribution in [3.63, 3.8) is 0 Å². The molecule has 2 N–H and O–H groups in total. The number of piperidine rings is 1. The van der Waals surface area contributed by atoms with Crippen molar-refractivity contribution >= 4 is 23.2 Å². The predicted molar refractivity (Wildman–Crippen MR) is 97.2 cm³/mol. The summed E-state index contributed by atoms with van der Waals surface area (Å²) in [5, 5.41) is 12.6. The molecule has 0 radical (unpaired) electrons. The lowest BCUT2D eigenvalue weighted by molar-refractivity contribution is -0.129. The first-order valence-corrected chi connectivity index (χ1v) is 8.50. The number of aliphatic hydroxyl groups excluding tert-OH is 1. The van der Waals surface area contributed by atoms with Crippen LogP contribution < -0.4 is 10.2 Å². The van der Waals surface area contributed by atoms with E-state index in [2.05, 4.69) is 5.32 Å². The Labute approximate surface area is 147 Å². The van der Waals surface area contributed by atoms with Gasteiger partial charge < -0.3 is 10.4 Å². The Bertz CT molecular complexity index is 755. The van der Waals surface area contributed by atoms with E-state index in [0.717, 1.165) is 16.8 Å². The number of imide groups is 1. The fourth-order valence-electron chi connectivity index (χ4n) is 3.04. The maximum Gasteiger partial charge on any atom is 0.233 e. The van der Waals surface area contributed by atoms with Crippen LogP contribution in [0.5, 0.6) is 0 Å². The van der Waals surface area contributed by atoms with Crippen LogP contribution in [0, 0.1) is 0 Å². The molecule has 130 valence electrons. The Balaban J connectivity index is 1.72. The second-order valence-electron chi connectivity index (χ2n) is 6.29. The molecule has 1 heterocycles. The van der Waals surface area contributed by atoms with Crippen LogP contribution in [0.25, 0.3) is 0 Å². The number of nitrogens with zero attached hydrogens (tertiary/aromatic N) is 1. The summed E-state index contributed by atoms with van der Waals surface area (Å²) >= 11 is 0. The van der Waals surface area contributed by atoms with Crippen molar-refractivity contribution in [3.8, 4) is 0 Å². The van der Waals surface area contributed by atoms with E-state index in [1.165, 1.54) is 4.90 Å². The highest BCUT2D eigenvalue weighted by Crippen LogP contribution is 2.25. The van der Waals surface area contributed by atoms with Gasteiger partial charge in [-0.05, 0) is 48.7 Å². The molecule has 1 unspecified atom stereocenters. The number of rotatable bonds is 5. The van der Waals surface area contributed by atoms with Crippen molar-refractivity contribution in [2.24, 2.45) is 0 Å². The molecule has 5 nitrogen and oxygen atoms in total. The van der Waals surface area contributed by atoms with Gasteiger partial charge in [0.25, 0.3) is 0 Å². The Morgan fingerprint density at radius 1 is 1.08 bits per heavy atom. The molecule has 0 aromatic heterocycles. The van der Waals surface area contributed by atoms with Crippen molar-refractivity contribution in [2.75, 3.05) is 10.2 Å². The molecule has 0 bridgehead atoms. The van der Waals surface area contributed by atoms with Crippen LogP contribution in [0.1, 0.15) is 43.4 Å². The van der Waals surface area contributed by atoms with Crippen molar-refractivity contribution in [1.29, 1.82) is 0 Å². The summed E-state index contributed by atoms with van der Waals surface area (Å²) in [7, 11) is 0. The minimum atomic E-state index is -0.133. The Hall–Kier alpha value is -2.66. The normalized spacial score (nSPS) is 16.0. The number of amides is 2. The smallest absolute Gasteiger partial charge is 0.233 e. The second kappa shape index (κ2) is 7.49. The quantitative estimate of drug-likeness (QED) is 0.820. The number of carbonyl (C=O) groups is 2. The SMILES string of the molecule is CC(Nc1ccc(N2C(=O)CCCC2=O)cc1)c1cccc(CO)c1. The van der Waals surface area contributed by atoms with Crippen LogP contribution in [0.15, 0.2) is 48.5 Å². The first kappa shape index (κ1) is 17.2. The van der Waals surface area contributed by atoms with Gasteiger partial charge in [0.1, 0.15) is 0 Å². The predicted octanol–water partition coefficient (Wildman–Crippen LogP) is 3.40. The van der Waals surface area contributed by atoms with Gasteiger partial charge in [-0.3, -0.25) is 14.5 Å². The topological polar surface area (TPSA) is 69.6 Å². The highest BCUT2D eigenvalue weighted by atomic mass is 16.3. The zero-order valence-electron chi connectivity index (χ0n) is 14.2. The lowest BCUT2D eigenvalue weighted by atomic mass is 10.0. The summed E-state index contributed by atoms with van der Waals surface area (Å²) in [5.41, 5.74) is 3.48. The van der Waals surface area contributed by atoms with Gasteiger partial charge in [-0.2, -0.15) is 0 Å². The minimum Gasteiger partial charge on any atom is -0.392 e. The van der Waals surface area contributed by atoms with Crippen LogP contribution in [0.4, 0.5) is 11.4 Å². The van der Waals surface area contributed by atoms with Crippen molar-refractivity contribution in [1.82, 2.24) is 0 Å². The van der Waals surface area contributed by atoms with Gasteiger partial charge in [0.05, 0.1) is 12.3 Å². The molecule has 2 aromatic rings. The first-order chi connectivity index (χ1) is 12.1. The molecule has 2 amide bonds. The number of carbonyl (C=O) groups excluding carboxylic acids is 2. The van der Waals surface area contributed by atoms with Gasteiger partial charge in [-0.25, -0.2) is 0 Å². The fourth-order valence-corrected chi connectivity index (χ4v) is 3.04. The summed E-state index contributed by atoms with van der Waals surface area (Å²) < 4.78 is 0. The molecule has 1 saturated heterocycles. The number of nitrogens with one attached hydrogen (secondary N) is 1. The molecular formula is C20H22N2O3. The largest absolute Gasteiger partial charge is 0.392 e. The molecule has 25 heavy (non-hydrogen) atoms. The standard InChI is InChI=1S/C20H22N2O3/c1-14(16-5-2-4-15(12-16)13-23)21-17-8-10-18(11-9-17)22-19(24)6-3-7-20(22)25/h2,4-5,8-12,14,21,23H,3,6-7,13H2,1H3. The minimum absolute atomic E-state index is 0.0210. The van der Waals surface area contributed by atoms with Crippen LogP contribution in [-0.4, -0.2) is 16.9 Å². The molecule has 3 rings (SSSR count). The summed E-state index contributed by atoms with van der Waals surface area (Å²) in [4.78, 5) is 25.2. The molecule has 5 heteroatoms. The van der Waals surface area contributed by atoms with Crippen LogP contribution in [0.2, 0.25) is 0 Å². The highest BCUT2D eigenvalue weighted by Gasteiger charge is 2.27. The summed E-state index contributed by atoms with van der Waals surface area (Å²) in [6, 6.07) is 15.2. The summed E-state index contributed by atoms with van der Waals surface area (Å²) in [5.74, 6) is -0.266. The maximum absolute atomic E-state index is 12.0. The fraction of sp³-hybridized carbons (Fsp3) is 0.300. The number of anilines is 2. The third kappa shape index (κ3) is 3.88. The number of hydrogen-bond acceptors (Lipinski definition) is 4. The zero-order chi connectivity index (χ0) is 17.8. The molecular weight excluding hydrogens is 316 g/mol. The van der Waals surface area contributed by atoms with Crippen molar-refractivity contribution in [2.45, 2.75) is 38.8 Å². The van der Waals surface area contributed by atoms with E-state index in [9.17, 15) is 14.7 Å². The summed E-state index contributed by atoms with van der Waals surface area (Å²) in [6.07, 6.45) is 1.48. The molecule has 1 fully saturated rings. The van der Waals surface area contributed by atoms with E-state index in [-0.39, 0.29) is 24.5 Å². The third-order valence-corrected chi connectivity index (χ3v) is 4.42. The molecule has 1 aliphatic rings. The number of hydrogen-bond donors (Lipinski definition) is 2. The highest BCUT2D eigenvalue weighted by molar-refractivity contribution is 6.16. The molecule has 1 aliphatic heterocycles. The Kier molecular flexibility index (Phi) is 5.14. The van der Waals surface area contributed by atoms with Crippen molar-refractivity contribution in [3.05, 3.63) is 59.7 Å². The molecule has 1 atom stereocenters. The van der Waals surface area contributed by atoms with E-state index in [0.29, 0.717) is 24.9 Å². The molecule has 0 aliphatic carbocycles. The van der Waals surface area contributed by atoms with E-state index in [1.54, 1.807) is 12.1 Å². The molecule has 2 aromatic carbocycles.